The van der Waals surface area contributed by atoms with Crippen molar-refractivity contribution in [2.45, 2.75) is 59.3 Å². The van der Waals surface area contributed by atoms with Crippen molar-refractivity contribution in [1.29, 1.82) is 0 Å². The molecular formula is C19H27FO2. The molecule has 1 fully saturated rings. The van der Waals surface area contributed by atoms with Gasteiger partial charge in [-0.25, -0.2) is 4.39 Å². The third-order valence-corrected chi connectivity index (χ3v) is 4.83. The van der Waals surface area contributed by atoms with E-state index in [1.54, 1.807) is 19.1 Å². The van der Waals surface area contributed by atoms with Gasteiger partial charge in [-0.2, -0.15) is 0 Å². The van der Waals surface area contributed by atoms with Crippen LogP contribution in [0.15, 0.2) is 12.1 Å². The molecule has 22 heavy (non-hydrogen) atoms. The van der Waals surface area contributed by atoms with E-state index in [4.69, 9.17) is 4.74 Å². The molecule has 2 rings (SSSR count). The lowest BCUT2D eigenvalue weighted by atomic mass is 9.77. The zero-order valence-corrected chi connectivity index (χ0v) is 14.0. The highest BCUT2D eigenvalue weighted by atomic mass is 19.1. The summed E-state index contributed by atoms with van der Waals surface area (Å²) in [4.78, 5) is 12.7. The fourth-order valence-corrected chi connectivity index (χ4v) is 3.54. The second-order valence-electron chi connectivity index (χ2n) is 6.35. The first-order chi connectivity index (χ1) is 10.6. The summed E-state index contributed by atoms with van der Waals surface area (Å²) in [6.07, 6.45) is 6.62. The highest BCUT2D eigenvalue weighted by Crippen LogP contribution is 2.34. The molecule has 0 aromatic heterocycles. The fraction of sp³-hybridized carbons (Fsp3) is 0.632. The van der Waals surface area contributed by atoms with Crippen LogP contribution in [0, 0.1) is 24.6 Å². The Hall–Kier alpha value is -1.38. The zero-order valence-electron chi connectivity index (χ0n) is 14.0. The standard InChI is InChI=1S/C19H27FO2/c1-4-6-14-7-9-15(10-8-14)19(21)16-11-12-17(22-5-2)18(20)13(16)3/h11-12,14-15H,4-10H2,1-3H3. The Morgan fingerprint density at radius 1 is 1.23 bits per heavy atom. The molecule has 2 nitrogen and oxygen atoms in total. The highest BCUT2D eigenvalue weighted by Gasteiger charge is 2.28. The van der Waals surface area contributed by atoms with Crippen molar-refractivity contribution >= 4 is 5.78 Å². The van der Waals surface area contributed by atoms with Gasteiger partial charge in [0.2, 0.25) is 0 Å². The Kier molecular flexibility index (Phi) is 5.98. The van der Waals surface area contributed by atoms with Crippen molar-refractivity contribution in [1.82, 2.24) is 0 Å². The number of ketones is 1. The summed E-state index contributed by atoms with van der Waals surface area (Å²) in [6.45, 7) is 6.13. The summed E-state index contributed by atoms with van der Waals surface area (Å²) < 4.78 is 19.5. The normalized spacial score (nSPS) is 21.6. The number of carbonyl (C=O) groups excluding carboxylic acids is 1. The number of benzene rings is 1. The molecule has 122 valence electrons. The van der Waals surface area contributed by atoms with Crippen LogP contribution in [-0.2, 0) is 0 Å². The van der Waals surface area contributed by atoms with E-state index in [-0.39, 0.29) is 17.5 Å². The maximum absolute atomic E-state index is 14.3. The van der Waals surface area contributed by atoms with Gasteiger partial charge in [0, 0.05) is 11.5 Å². The Morgan fingerprint density at radius 3 is 2.50 bits per heavy atom. The van der Waals surface area contributed by atoms with E-state index in [2.05, 4.69) is 6.92 Å². The lowest BCUT2D eigenvalue weighted by Gasteiger charge is -2.27. The molecule has 0 radical (unpaired) electrons. The second-order valence-corrected chi connectivity index (χ2v) is 6.35. The molecule has 1 aliphatic rings. The first-order valence-electron chi connectivity index (χ1n) is 8.54. The van der Waals surface area contributed by atoms with Crippen molar-refractivity contribution in [3.8, 4) is 5.75 Å². The molecule has 0 saturated heterocycles. The predicted molar refractivity (Wildman–Crippen MR) is 87.0 cm³/mol. The van der Waals surface area contributed by atoms with Gasteiger partial charge in [-0.15, -0.1) is 0 Å². The van der Waals surface area contributed by atoms with E-state index in [1.165, 1.54) is 12.8 Å². The second kappa shape index (κ2) is 7.75. The van der Waals surface area contributed by atoms with Gasteiger partial charge in [-0.1, -0.05) is 19.8 Å². The Morgan fingerprint density at radius 2 is 1.91 bits per heavy atom. The molecule has 0 atom stereocenters. The van der Waals surface area contributed by atoms with Gasteiger partial charge in [0.1, 0.15) is 0 Å². The van der Waals surface area contributed by atoms with Crippen LogP contribution in [0.1, 0.15) is 68.3 Å². The topological polar surface area (TPSA) is 26.3 Å². The maximum atomic E-state index is 14.3. The van der Waals surface area contributed by atoms with Crippen molar-refractivity contribution in [2.24, 2.45) is 11.8 Å². The average molecular weight is 306 g/mol. The third-order valence-electron chi connectivity index (χ3n) is 4.83. The summed E-state index contributed by atoms with van der Waals surface area (Å²) in [6, 6.07) is 3.31. The molecule has 0 heterocycles. The average Bonchev–Trinajstić information content (AvgIpc) is 2.53. The van der Waals surface area contributed by atoms with E-state index in [1.807, 2.05) is 6.92 Å². The first-order valence-corrected chi connectivity index (χ1v) is 8.54. The monoisotopic (exact) mass is 306 g/mol. The van der Waals surface area contributed by atoms with Gasteiger partial charge < -0.3 is 4.74 Å². The van der Waals surface area contributed by atoms with E-state index >= 15 is 0 Å². The van der Waals surface area contributed by atoms with Crippen LogP contribution in [0.25, 0.3) is 0 Å². The van der Waals surface area contributed by atoms with Gasteiger partial charge in [0.15, 0.2) is 17.3 Å². The molecule has 1 saturated carbocycles. The summed E-state index contributed by atoms with van der Waals surface area (Å²) in [5, 5.41) is 0. The van der Waals surface area contributed by atoms with E-state index in [0.29, 0.717) is 17.7 Å². The van der Waals surface area contributed by atoms with Gasteiger partial charge in [0.25, 0.3) is 0 Å². The molecule has 1 aromatic carbocycles. The fourth-order valence-electron chi connectivity index (χ4n) is 3.54. The molecular weight excluding hydrogens is 279 g/mol. The smallest absolute Gasteiger partial charge is 0.168 e. The number of hydrogen-bond acceptors (Lipinski definition) is 2. The minimum atomic E-state index is -0.396. The lowest BCUT2D eigenvalue weighted by molar-refractivity contribution is 0.0868. The molecule has 0 N–H and O–H groups in total. The van der Waals surface area contributed by atoms with Crippen LogP contribution in [-0.4, -0.2) is 12.4 Å². The van der Waals surface area contributed by atoms with Crippen molar-refractivity contribution < 1.29 is 13.9 Å². The zero-order chi connectivity index (χ0) is 16.1. The molecule has 3 heteroatoms. The van der Waals surface area contributed by atoms with Crippen LogP contribution in [0.4, 0.5) is 4.39 Å². The molecule has 0 amide bonds. The third kappa shape index (κ3) is 3.68. The summed E-state index contributed by atoms with van der Waals surface area (Å²) in [7, 11) is 0. The number of hydrogen-bond donors (Lipinski definition) is 0. The summed E-state index contributed by atoms with van der Waals surface area (Å²) in [5.41, 5.74) is 0.950. The molecule has 0 unspecified atom stereocenters. The SMILES string of the molecule is CCCC1CCC(C(=O)c2ccc(OCC)c(F)c2C)CC1. The Balaban J connectivity index is 2.09. The quantitative estimate of drug-likeness (QED) is 0.665. The number of carbonyl (C=O) groups is 1. The number of halogens is 1. The van der Waals surface area contributed by atoms with Crippen LogP contribution >= 0.6 is 0 Å². The summed E-state index contributed by atoms with van der Waals surface area (Å²) in [5.74, 6) is 0.779. The first kappa shape index (κ1) is 17.0. The van der Waals surface area contributed by atoms with E-state index < -0.39 is 5.82 Å². The molecule has 0 bridgehead atoms. The van der Waals surface area contributed by atoms with Crippen LogP contribution in [0.3, 0.4) is 0 Å². The van der Waals surface area contributed by atoms with Crippen LogP contribution in [0.5, 0.6) is 5.75 Å². The number of ether oxygens (including phenoxy) is 1. The molecule has 0 aliphatic heterocycles. The molecule has 0 spiro atoms. The minimum absolute atomic E-state index is 0.0594. The Bertz CT molecular complexity index is 516. The molecule has 1 aliphatic carbocycles. The predicted octanol–water partition coefficient (Wildman–Crippen LogP) is 5.32. The largest absolute Gasteiger partial charge is 0.491 e. The van der Waals surface area contributed by atoms with Gasteiger partial charge >= 0.3 is 0 Å². The molecule has 1 aromatic rings. The van der Waals surface area contributed by atoms with Crippen LogP contribution < -0.4 is 4.74 Å². The van der Waals surface area contributed by atoms with E-state index in [0.717, 1.165) is 31.6 Å². The Labute approximate surface area is 133 Å². The van der Waals surface area contributed by atoms with Crippen molar-refractivity contribution in [2.75, 3.05) is 6.61 Å². The van der Waals surface area contributed by atoms with Crippen LogP contribution in [0.2, 0.25) is 0 Å². The highest BCUT2D eigenvalue weighted by molar-refractivity contribution is 5.99. The minimum Gasteiger partial charge on any atom is -0.491 e. The van der Waals surface area contributed by atoms with Gasteiger partial charge in [-0.3, -0.25) is 4.79 Å². The van der Waals surface area contributed by atoms with Gasteiger partial charge in [-0.05, 0) is 63.1 Å². The van der Waals surface area contributed by atoms with Gasteiger partial charge in [0.05, 0.1) is 6.61 Å². The lowest BCUT2D eigenvalue weighted by Crippen LogP contribution is -2.23. The van der Waals surface area contributed by atoms with Crippen molar-refractivity contribution in [3.05, 3.63) is 29.1 Å². The maximum Gasteiger partial charge on any atom is 0.168 e. The number of rotatable bonds is 6. The number of Topliss-reactive ketones (excluding diaryl/α,β-unsaturated/α-hetero) is 1. The van der Waals surface area contributed by atoms with Crippen molar-refractivity contribution in [3.63, 3.8) is 0 Å². The summed E-state index contributed by atoms with van der Waals surface area (Å²) >= 11 is 0. The van der Waals surface area contributed by atoms with E-state index in [9.17, 15) is 9.18 Å².